The predicted octanol–water partition coefficient (Wildman–Crippen LogP) is 4.79. The minimum absolute atomic E-state index is 0.0979. The Morgan fingerprint density at radius 1 is 0.906 bits per heavy atom. The van der Waals surface area contributed by atoms with Crippen LogP contribution in [0.4, 0.5) is 0 Å². The third-order valence-electron chi connectivity index (χ3n) is 5.98. The molecule has 164 valence electrons. The molecule has 0 aliphatic heterocycles. The first-order valence-electron chi connectivity index (χ1n) is 10.2. The summed E-state index contributed by atoms with van der Waals surface area (Å²) in [5.41, 5.74) is 3.70. The van der Waals surface area contributed by atoms with E-state index in [-0.39, 0.29) is 5.56 Å². The van der Waals surface area contributed by atoms with E-state index in [1.54, 1.807) is 60.0 Å². The monoisotopic (exact) mass is 450 g/mol. The summed E-state index contributed by atoms with van der Waals surface area (Å²) >= 11 is 0. The van der Waals surface area contributed by atoms with Gasteiger partial charge in [0, 0.05) is 12.1 Å². The Balaban J connectivity index is 2.15. The number of hydrogen-bond acceptors (Lipinski definition) is 3. The van der Waals surface area contributed by atoms with Gasteiger partial charge in [-0.3, -0.25) is 4.55 Å². The van der Waals surface area contributed by atoms with Gasteiger partial charge in [0.1, 0.15) is 0 Å². The molecule has 0 radical (unpaired) electrons. The van der Waals surface area contributed by atoms with Crippen LogP contribution in [0.25, 0.3) is 21.8 Å². The molecule has 1 heterocycles. The lowest BCUT2D eigenvalue weighted by Gasteiger charge is -2.22. The first-order chi connectivity index (χ1) is 15.1. The number of benzene rings is 3. The number of carboxylic acid groups (broad SMARTS) is 1. The van der Waals surface area contributed by atoms with Crippen LogP contribution >= 0.6 is 0 Å². The van der Waals surface area contributed by atoms with Gasteiger partial charge >= 0.3 is 16.1 Å². The molecule has 2 unspecified atom stereocenters. The van der Waals surface area contributed by atoms with Crippen molar-refractivity contribution in [1.82, 2.24) is 0 Å². The molecule has 0 spiro atoms. The van der Waals surface area contributed by atoms with Crippen molar-refractivity contribution in [3.63, 3.8) is 0 Å². The number of aromatic carboxylic acids is 1. The summed E-state index contributed by atoms with van der Waals surface area (Å²) in [7, 11) is -4.59. The maximum atomic E-state index is 12.8. The van der Waals surface area contributed by atoms with Crippen molar-refractivity contribution in [2.24, 2.45) is 0 Å². The standard InChI is InChI=1S/C25H23NO5S/c1-15-12-13-18(16(2)14-15)17(3)24(32(29,30)31)26-21-10-6-4-8-19(21)23(25(27)28)20-9-5-7-11-22(20)26/h4-14,17,24H,1-3H3,(H-,27,28,29,30,31)/p+1. The van der Waals surface area contributed by atoms with Crippen LogP contribution in [-0.4, -0.2) is 24.0 Å². The molecular formula is C25H24NO5S+. The molecular weight excluding hydrogens is 426 g/mol. The molecule has 0 bridgehead atoms. The second-order valence-electron chi connectivity index (χ2n) is 8.14. The molecule has 2 N–H and O–H groups in total. The SMILES string of the molecule is Cc1ccc(C(C)C([n+]2c3ccccc3c(C(=O)O)c3ccccc32)S(=O)(=O)O)c(C)c1. The molecule has 6 nitrogen and oxygen atoms in total. The van der Waals surface area contributed by atoms with Crippen LogP contribution in [0.1, 0.15) is 45.3 Å². The van der Waals surface area contributed by atoms with Gasteiger partial charge in [0.15, 0.2) is 0 Å². The maximum Gasteiger partial charge on any atom is 0.337 e. The quantitative estimate of drug-likeness (QED) is 0.259. The van der Waals surface area contributed by atoms with Crippen LogP contribution in [0.5, 0.6) is 0 Å². The summed E-state index contributed by atoms with van der Waals surface area (Å²) < 4.78 is 37.7. The Morgan fingerprint density at radius 2 is 1.44 bits per heavy atom. The molecule has 2 atom stereocenters. The van der Waals surface area contributed by atoms with E-state index in [1.807, 2.05) is 32.0 Å². The number of hydrogen-bond donors (Lipinski definition) is 2. The average molecular weight is 451 g/mol. The van der Waals surface area contributed by atoms with Crippen LogP contribution in [-0.2, 0) is 10.1 Å². The van der Waals surface area contributed by atoms with Gasteiger partial charge in [-0.05, 0) is 37.1 Å². The molecule has 4 aromatic rings. The zero-order chi connectivity index (χ0) is 23.2. The van der Waals surface area contributed by atoms with Gasteiger partial charge in [0.2, 0.25) is 11.0 Å². The third-order valence-corrected chi connectivity index (χ3v) is 7.21. The van der Waals surface area contributed by atoms with Gasteiger partial charge in [-0.15, -0.1) is 0 Å². The summed E-state index contributed by atoms with van der Waals surface area (Å²) in [6.45, 7) is 5.63. The van der Waals surface area contributed by atoms with Crippen molar-refractivity contribution in [2.45, 2.75) is 32.1 Å². The van der Waals surface area contributed by atoms with Gasteiger partial charge < -0.3 is 5.11 Å². The van der Waals surface area contributed by atoms with E-state index in [0.717, 1.165) is 16.7 Å². The molecule has 0 aliphatic rings. The van der Waals surface area contributed by atoms with Gasteiger partial charge in [-0.2, -0.15) is 13.0 Å². The molecule has 1 aromatic heterocycles. The van der Waals surface area contributed by atoms with Crippen LogP contribution in [0.2, 0.25) is 0 Å². The predicted molar refractivity (Wildman–Crippen MR) is 124 cm³/mol. The van der Waals surface area contributed by atoms with Crippen LogP contribution < -0.4 is 4.57 Å². The molecule has 0 fully saturated rings. The van der Waals surface area contributed by atoms with E-state index >= 15 is 0 Å². The van der Waals surface area contributed by atoms with Gasteiger partial charge in [-0.1, -0.05) is 55.0 Å². The second-order valence-corrected chi connectivity index (χ2v) is 9.65. The van der Waals surface area contributed by atoms with Crippen molar-refractivity contribution in [1.29, 1.82) is 0 Å². The van der Waals surface area contributed by atoms with E-state index in [9.17, 15) is 22.9 Å². The largest absolute Gasteiger partial charge is 0.478 e. The van der Waals surface area contributed by atoms with Crippen LogP contribution in [0.15, 0.2) is 66.7 Å². The zero-order valence-corrected chi connectivity index (χ0v) is 18.8. The van der Waals surface area contributed by atoms with Gasteiger partial charge in [0.25, 0.3) is 5.37 Å². The summed E-state index contributed by atoms with van der Waals surface area (Å²) in [4.78, 5) is 12.2. The molecule has 0 saturated carbocycles. The highest BCUT2D eigenvalue weighted by atomic mass is 32.2. The first-order valence-corrected chi connectivity index (χ1v) is 11.7. The molecule has 0 aliphatic carbocycles. The zero-order valence-electron chi connectivity index (χ0n) is 18.0. The highest BCUT2D eigenvalue weighted by molar-refractivity contribution is 7.85. The lowest BCUT2D eigenvalue weighted by Crippen LogP contribution is -2.48. The number of carbonyl (C=O) groups is 1. The number of aryl methyl sites for hydroxylation is 2. The van der Waals surface area contributed by atoms with E-state index in [0.29, 0.717) is 21.8 Å². The minimum atomic E-state index is -4.59. The number of rotatable bonds is 5. The number of para-hydroxylation sites is 2. The van der Waals surface area contributed by atoms with Gasteiger partial charge in [-0.25, -0.2) is 4.79 Å². The van der Waals surface area contributed by atoms with E-state index in [2.05, 4.69) is 0 Å². The molecule has 32 heavy (non-hydrogen) atoms. The summed E-state index contributed by atoms with van der Waals surface area (Å²) in [5, 5.41) is 9.39. The molecule has 4 rings (SSSR count). The normalized spacial score (nSPS) is 13.9. The van der Waals surface area contributed by atoms with E-state index < -0.39 is 27.4 Å². The highest BCUT2D eigenvalue weighted by Crippen LogP contribution is 2.35. The maximum absolute atomic E-state index is 12.8. The smallest absolute Gasteiger partial charge is 0.337 e. The molecule has 0 saturated heterocycles. The van der Waals surface area contributed by atoms with E-state index in [4.69, 9.17) is 0 Å². The van der Waals surface area contributed by atoms with Crippen LogP contribution in [0.3, 0.4) is 0 Å². The summed E-state index contributed by atoms with van der Waals surface area (Å²) in [6.07, 6.45) is 0. The number of nitrogens with zero attached hydrogens (tertiary/aromatic N) is 1. The van der Waals surface area contributed by atoms with Crippen molar-refractivity contribution in [3.8, 4) is 0 Å². The number of pyridine rings is 1. The molecule has 0 amide bonds. The lowest BCUT2D eigenvalue weighted by molar-refractivity contribution is -0.654. The summed E-state index contributed by atoms with van der Waals surface area (Å²) in [5.74, 6) is -1.71. The minimum Gasteiger partial charge on any atom is -0.478 e. The van der Waals surface area contributed by atoms with E-state index in [1.165, 1.54) is 0 Å². The lowest BCUT2D eigenvalue weighted by atomic mass is 9.93. The fraction of sp³-hybridized carbons (Fsp3) is 0.200. The Hall–Kier alpha value is -3.29. The average Bonchev–Trinajstić information content (AvgIpc) is 2.72. The van der Waals surface area contributed by atoms with Crippen molar-refractivity contribution >= 4 is 37.9 Å². The summed E-state index contributed by atoms with van der Waals surface area (Å²) in [6, 6.07) is 19.3. The second kappa shape index (κ2) is 8.00. The van der Waals surface area contributed by atoms with Crippen molar-refractivity contribution < 1.29 is 27.4 Å². The Kier molecular flexibility index (Phi) is 5.48. The Labute approximate surface area is 186 Å². The fourth-order valence-electron chi connectivity index (χ4n) is 4.67. The van der Waals surface area contributed by atoms with Crippen molar-refractivity contribution in [3.05, 3.63) is 89.0 Å². The van der Waals surface area contributed by atoms with Crippen LogP contribution in [0, 0.1) is 13.8 Å². The number of fused-ring (bicyclic) bond motifs is 2. The topological polar surface area (TPSA) is 95.5 Å². The fourth-order valence-corrected chi connectivity index (χ4v) is 5.83. The Morgan fingerprint density at radius 3 is 1.91 bits per heavy atom. The highest BCUT2D eigenvalue weighted by Gasteiger charge is 2.42. The molecule has 3 aromatic carbocycles. The van der Waals surface area contributed by atoms with Crippen molar-refractivity contribution in [2.75, 3.05) is 0 Å². The number of carboxylic acids is 1. The number of aromatic nitrogens is 1. The molecule has 7 heteroatoms. The first kappa shape index (κ1) is 21.9. The van der Waals surface area contributed by atoms with Gasteiger partial charge in [0.05, 0.1) is 22.3 Å². The Bertz CT molecular complexity index is 1420. The third kappa shape index (κ3) is 3.63.